The van der Waals surface area contributed by atoms with Gasteiger partial charge in [0.1, 0.15) is 11.9 Å². The van der Waals surface area contributed by atoms with Gasteiger partial charge < -0.3 is 19.6 Å². The fraction of sp³-hybridized carbons (Fsp3) is 0.727. The number of carbonyl (C=O) groups is 3. The van der Waals surface area contributed by atoms with Crippen molar-refractivity contribution in [2.24, 2.45) is 0 Å². The van der Waals surface area contributed by atoms with Crippen LogP contribution in [0.5, 0.6) is 0 Å². The van der Waals surface area contributed by atoms with Crippen LogP contribution in [0.2, 0.25) is 0 Å². The summed E-state index contributed by atoms with van der Waals surface area (Å²) >= 11 is 0. The highest BCUT2D eigenvalue weighted by Gasteiger charge is 2.19. The lowest BCUT2D eigenvalue weighted by Crippen LogP contribution is -2.40. The molecule has 0 rings (SSSR count). The molecule has 0 spiro atoms. The predicted molar refractivity (Wildman–Crippen MR) is 60.5 cm³/mol. The second kappa shape index (κ2) is 6.88. The van der Waals surface area contributed by atoms with E-state index in [1.54, 1.807) is 20.8 Å². The molecule has 6 nitrogen and oxygen atoms in total. The van der Waals surface area contributed by atoms with Crippen molar-refractivity contribution in [2.75, 3.05) is 7.11 Å². The molecule has 0 aliphatic heterocycles. The summed E-state index contributed by atoms with van der Waals surface area (Å²) in [7, 11) is 1.26. The number of methoxy groups -OCH3 is 1. The Morgan fingerprint density at radius 1 is 1.35 bits per heavy atom. The van der Waals surface area contributed by atoms with Crippen LogP contribution in [0.4, 0.5) is 4.79 Å². The lowest BCUT2D eigenvalue weighted by Gasteiger charge is -2.21. The van der Waals surface area contributed by atoms with E-state index in [1.807, 2.05) is 0 Å². The van der Waals surface area contributed by atoms with Gasteiger partial charge in [-0.25, -0.2) is 4.79 Å². The SMILES string of the molecule is COC(=O)CCC(C=O)NC(=O)OC(C)(C)C. The molecule has 0 heterocycles. The summed E-state index contributed by atoms with van der Waals surface area (Å²) in [6.07, 6.45) is 0.136. The van der Waals surface area contributed by atoms with E-state index in [1.165, 1.54) is 7.11 Å². The number of hydrogen-bond donors (Lipinski definition) is 1. The van der Waals surface area contributed by atoms with Gasteiger partial charge in [0, 0.05) is 6.42 Å². The van der Waals surface area contributed by atoms with Crippen molar-refractivity contribution in [1.82, 2.24) is 5.32 Å². The van der Waals surface area contributed by atoms with Crippen LogP contribution in [0.25, 0.3) is 0 Å². The maximum atomic E-state index is 11.3. The summed E-state index contributed by atoms with van der Waals surface area (Å²) < 4.78 is 9.41. The number of rotatable bonds is 5. The van der Waals surface area contributed by atoms with E-state index in [-0.39, 0.29) is 12.8 Å². The highest BCUT2D eigenvalue weighted by molar-refractivity contribution is 5.74. The number of amides is 1. The van der Waals surface area contributed by atoms with E-state index in [0.29, 0.717) is 6.29 Å². The number of carbonyl (C=O) groups excluding carboxylic acids is 3. The fourth-order valence-corrected chi connectivity index (χ4v) is 1.01. The molecule has 0 bridgehead atoms. The molecule has 0 aromatic carbocycles. The summed E-state index contributed by atoms with van der Waals surface area (Å²) in [4.78, 5) is 32.9. The average Bonchev–Trinajstić information content (AvgIpc) is 2.20. The third-order valence-electron chi connectivity index (χ3n) is 1.75. The van der Waals surface area contributed by atoms with E-state index in [0.717, 1.165) is 0 Å². The Morgan fingerprint density at radius 3 is 2.35 bits per heavy atom. The van der Waals surface area contributed by atoms with Crippen LogP contribution < -0.4 is 5.32 Å². The smallest absolute Gasteiger partial charge is 0.408 e. The van der Waals surface area contributed by atoms with Crippen LogP contribution in [-0.2, 0) is 19.1 Å². The highest BCUT2D eigenvalue weighted by atomic mass is 16.6. The van der Waals surface area contributed by atoms with Crippen molar-refractivity contribution in [3.63, 3.8) is 0 Å². The van der Waals surface area contributed by atoms with Gasteiger partial charge in [0.15, 0.2) is 0 Å². The Labute approximate surface area is 101 Å². The average molecular weight is 245 g/mol. The van der Waals surface area contributed by atoms with Crippen LogP contribution in [0.3, 0.4) is 0 Å². The standard InChI is InChI=1S/C11H19NO5/c1-11(2,3)17-10(15)12-8(7-13)5-6-9(14)16-4/h7-8H,5-6H2,1-4H3,(H,12,15). The molecule has 17 heavy (non-hydrogen) atoms. The summed E-state index contributed by atoms with van der Waals surface area (Å²) in [6, 6.07) is -0.746. The van der Waals surface area contributed by atoms with Gasteiger partial charge in [-0.05, 0) is 27.2 Å². The molecule has 0 radical (unpaired) electrons. The predicted octanol–water partition coefficient (Wildman–Crippen LogP) is 1.03. The number of hydrogen-bond acceptors (Lipinski definition) is 5. The highest BCUT2D eigenvalue weighted by Crippen LogP contribution is 2.07. The molecule has 6 heteroatoms. The quantitative estimate of drug-likeness (QED) is 0.578. The maximum Gasteiger partial charge on any atom is 0.408 e. The summed E-state index contributed by atoms with van der Waals surface area (Å²) in [6.45, 7) is 5.16. The molecule has 0 saturated carbocycles. The zero-order valence-corrected chi connectivity index (χ0v) is 10.6. The lowest BCUT2D eigenvalue weighted by molar-refractivity contribution is -0.140. The van der Waals surface area contributed by atoms with E-state index >= 15 is 0 Å². The Balaban J connectivity index is 4.09. The molecule has 1 amide bonds. The number of alkyl carbamates (subject to hydrolysis) is 1. The zero-order valence-electron chi connectivity index (χ0n) is 10.6. The van der Waals surface area contributed by atoms with Crippen molar-refractivity contribution in [3.05, 3.63) is 0 Å². The molecule has 0 saturated heterocycles. The van der Waals surface area contributed by atoms with Gasteiger partial charge in [-0.3, -0.25) is 4.79 Å². The van der Waals surface area contributed by atoms with Gasteiger partial charge in [0.2, 0.25) is 0 Å². The monoisotopic (exact) mass is 245 g/mol. The fourth-order valence-electron chi connectivity index (χ4n) is 1.01. The van der Waals surface area contributed by atoms with Gasteiger partial charge in [-0.1, -0.05) is 0 Å². The molecule has 1 atom stereocenters. The third-order valence-corrected chi connectivity index (χ3v) is 1.75. The third kappa shape index (κ3) is 8.24. The topological polar surface area (TPSA) is 81.7 Å². The van der Waals surface area contributed by atoms with Crippen LogP contribution in [-0.4, -0.2) is 37.1 Å². The van der Waals surface area contributed by atoms with E-state index in [9.17, 15) is 14.4 Å². The van der Waals surface area contributed by atoms with Crippen LogP contribution in [0.15, 0.2) is 0 Å². The summed E-state index contributed by atoms with van der Waals surface area (Å²) in [5.74, 6) is -0.428. The van der Waals surface area contributed by atoms with Gasteiger partial charge in [0.05, 0.1) is 13.2 Å². The van der Waals surface area contributed by atoms with Crippen molar-refractivity contribution in [1.29, 1.82) is 0 Å². The minimum Gasteiger partial charge on any atom is -0.469 e. The molecule has 0 aliphatic rings. The Hall–Kier alpha value is -1.59. The van der Waals surface area contributed by atoms with Crippen LogP contribution >= 0.6 is 0 Å². The minimum absolute atomic E-state index is 0.0652. The van der Waals surface area contributed by atoms with Gasteiger partial charge in [-0.2, -0.15) is 0 Å². The van der Waals surface area contributed by atoms with Crippen LogP contribution in [0, 0.1) is 0 Å². The molecular weight excluding hydrogens is 226 g/mol. The van der Waals surface area contributed by atoms with E-state index in [2.05, 4.69) is 10.1 Å². The molecule has 0 aromatic rings. The number of aldehydes is 1. The van der Waals surface area contributed by atoms with E-state index < -0.39 is 23.7 Å². The van der Waals surface area contributed by atoms with Crippen molar-refractivity contribution >= 4 is 18.3 Å². The molecular formula is C11H19NO5. The Kier molecular flexibility index (Phi) is 6.23. The first-order valence-corrected chi connectivity index (χ1v) is 5.30. The van der Waals surface area contributed by atoms with Gasteiger partial charge in [-0.15, -0.1) is 0 Å². The minimum atomic E-state index is -0.746. The Morgan fingerprint density at radius 2 is 1.94 bits per heavy atom. The first-order valence-electron chi connectivity index (χ1n) is 5.30. The second-order valence-electron chi connectivity index (χ2n) is 4.50. The first kappa shape index (κ1) is 15.4. The largest absolute Gasteiger partial charge is 0.469 e. The molecule has 1 N–H and O–H groups in total. The van der Waals surface area contributed by atoms with Crippen molar-refractivity contribution < 1.29 is 23.9 Å². The van der Waals surface area contributed by atoms with Crippen LogP contribution in [0.1, 0.15) is 33.6 Å². The van der Waals surface area contributed by atoms with Gasteiger partial charge in [0.25, 0.3) is 0 Å². The van der Waals surface area contributed by atoms with E-state index in [4.69, 9.17) is 4.74 Å². The first-order chi connectivity index (χ1) is 7.78. The summed E-state index contributed by atoms with van der Waals surface area (Å²) in [5.41, 5.74) is -0.625. The second-order valence-corrected chi connectivity index (χ2v) is 4.50. The molecule has 0 fully saturated rings. The zero-order chi connectivity index (χ0) is 13.5. The Bertz CT molecular complexity index is 282. The summed E-state index contributed by atoms with van der Waals surface area (Å²) in [5, 5.41) is 2.37. The maximum absolute atomic E-state index is 11.3. The number of esters is 1. The van der Waals surface area contributed by atoms with Gasteiger partial charge >= 0.3 is 12.1 Å². The number of nitrogens with one attached hydrogen (secondary N) is 1. The van der Waals surface area contributed by atoms with Crippen molar-refractivity contribution in [3.8, 4) is 0 Å². The molecule has 1 unspecified atom stereocenters. The van der Waals surface area contributed by atoms with Crippen molar-refractivity contribution in [2.45, 2.75) is 45.3 Å². The number of ether oxygens (including phenoxy) is 2. The molecule has 98 valence electrons. The molecule has 0 aromatic heterocycles. The molecule has 0 aliphatic carbocycles. The normalized spacial score (nSPS) is 12.5. The lowest BCUT2D eigenvalue weighted by atomic mass is 10.2.